The van der Waals surface area contributed by atoms with Crippen LogP contribution in [0.25, 0.3) is 0 Å². The lowest BCUT2D eigenvalue weighted by Gasteiger charge is -2.27. The predicted molar refractivity (Wildman–Crippen MR) is 49.7 cm³/mol. The quantitative estimate of drug-likeness (QED) is 0.630. The van der Waals surface area contributed by atoms with Gasteiger partial charge in [-0.25, -0.2) is 0 Å². The third-order valence-electron chi connectivity index (χ3n) is 2.46. The summed E-state index contributed by atoms with van der Waals surface area (Å²) in [4.78, 5) is 2.01. The second-order valence-electron chi connectivity index (χ2n) is 3.81. The number of likely N-dealkylation sites (N-methyl/N-ethyl adjacent to an activating group) is 1. The van der Waals surface area contributed by atoms with Crippen LogP contribution >= 0.6 is 0 Å². The van der Waals surface area contributed by atoms with E-state index < -0.39 is 5.60 Å². The van der Waals surface area contributed by atoms with Crippen molar-refractivity contribution in [1.82, 2.24) is 4.90 Å². The number of terminal acetylenes is 1. The zero-order chi connectivity index (χ0) is 9.03. The van der Waals surface area contributed by atoms with Crippen LogP contribution in [0.5, 0.6) is 0 Å². The molecule has 0 radical (unpaired) electrons. The van der Waals surface area contributed by atoms with E-state index in [9.17, 15) is 5.11 Å². The molecule has 68 valence electrons. The number of rotatable bonds is 3. The Labute approximate surface area is 74.6 Å². The molecule has 1 N–H and O–H groups in total. The summed E-state index contributed by atoms with van der Waals surface area (Å²) in [5.41, 5.74) is -0.453. The fourth-order valence-electron chi connectivity index (χ4n) is 1.91. The summed E-state index contributed by atoms with van der Waals surface area (Å²) in [5.74, 6) is 2.57. The summed E-state index contributed by atoms with van der Waals surface area (Å²) < 4.78 is 0. The highest BCUT2D eigenvalue weighted by Crippen LogP contribution is 2.29. The molecule has 0 aliphatic heterocycles. The SMILES string of the molecule is C#CCN(C)CC1(O)CCCC1. The minimum atomic E-state index is -0.453. The molecule has 0 unspecified atom stereocenters. The first-order valence-corrected chi connectivity index (χ1v) is 4.51. The summed E-state index contributed by atoms with van der Waals surface area (Å²) in [6.45, 7) is 1.35. The topological polar surface area (TPSA) is 23.5 Å². The Morgan fingerprint density at radius 1 is 1.50 bits per heavy atom. The van der Waals surface area contributed by atoms with Gasteiger partial charge >= 0.3 is 0 Å². The van der Waals surface area contributed by atoms with Crippen LogP contribution in [0.4, 0.5) is 0 Å². The third-order valence-corrected chi connectivity index (χ3v) is 2.46. The maximum absolute atomic E-state index is 9.98. The Morgan fingerprint density at radius 3 is 2.58 bits per heavy atom. The fourth-order valence-corrected chi connectivity index (χ4v) is 1.91. The van der Waals surface area contributed by atoms with Crippen LogP contribution in [0.2, 0.25) is 0 Å². The number of hydrogen-bond acceptors (Lipinski definition) is 2. The van der Waals surface area contributed by atoms with Crippen LogP contribution < -0.4 is 0 Å². The standard InChI is InChI=1S/C10H17NO/c1-3-8-11(2)9-10(12)6-4-5-7-10/h1,12H,4-9H2,2H3. The first kappa shape index (κ1) is 9.57. The van der Waals surface area contributed by atoms with Crippen molar-refractivity contribution in [3.05, 3.63) is 0 Å². The highest BCUT2D eigenvalue weighted by atomic mass is 16.3. The number of aliphatic hydroxyl groups is 1. The van der Waals surface area contributed by atoms with E-state index in [2.05, 4.69) is 5.92 Å². The van der Waals surface area contributed by atoms with Crippen molar-refractivity contribution in [2.24, 2.45) is 0 Å². The van der Waals surface area contributed by atoms with Crippen molar-refractivity contribution in [3.8, 4) is 12.3 Å². The van der Waals surface area contributed by atoms with E-state index in [1.807, 2.05) is 11.9 Å². The smallest absolute Gasteiger partial charge is 0.0774 e. The molecule has 0 aromatic carbocycles. The molecule has 2 nitrogen and oxygen atoms in total. The van der Waals surface area contributed by atoms with Crippen molar-refractivity contribution in [3.63, 3.8) is 0 Å². The van der Waals surface area contributed by atoms with Gasteiger partial charge in [-0.05, 0) is 19.9 Å². The normalized spacial score (nSPS) is 21.2. The predicted octanol–water partition coefficient (Wildman–Crippen LogP) is 0.856. The van der Waals surface area contributed by atoms with Crippen molar-refractivity contribution in [1.29, 1.82) is 0 Å². The molecular formula is C10H17NO. The highest BCUT2D eigenvalue weighted by molar-refractivity contribution is 4.92. The zero-order valence-electron chi connectivity index (χ0n) is 7.71. The lowest BCUT2D eigenvalue weighted by molar-refractivity contribution is 0.0196. The maximum Gasteiger partial charge on any atom is 0.0774 e. The minimum absolute atomic E-state index is 0.453. The first-order valence-electron chi connectivity index (χ1n) is 4.51. The number of nitrogens with zero attached hydrogens (tertiary/aromatic N) is 1. The summed E-state index contributed by atoms with van der Waals surface area (Å²) >= 11 is 0. The Kier molecular flexibility index (Phi) is 3.13. The van der Waals surface area contributed by atoms with E-state index in [1.54, 1.807) is 0 Å². The molecule has 1 fully saturated rings. The van der Waals surface area contributed by atoms with Gasteiger partial charge in [-0.2, -0.15) is 0 Å². The number of hydrogen-bond donors (Lipinski definition) is 1. The lowest BCUT2D eigenvalue weighted by Crippen LogP contribution is -2.39. The molecule has 2 heteroatoms. The average molecular weight is 167 g/mol. The lowest BCUT2D eigenvalue weighted by atomic mass is 10.0. The molecule has 1 aliphatic carbocycles. The van der Waals surface area contributed by atoms with E-state index >= 15 is 0 Å². The molecule has 0 amide bonds. The van der Waals surface area contributed by atoms with Gasteiger partial charge in [0, 0.05) is 6.54 Å². The van der Waals surface area contributed by atoms with E-state index in [4.69, 9.17) is 6.42 Å². The largest absolute Gasteiger partial charge is 0.389 e. The van der Waals surface area contributed by atoms with Crippen LogP contribution in [0.15, 0.2) is 0 Å². The Morgan fingerprint density at radius 2 is 2.08 bits per heavy atom. The Bertz CT molecular complexity index is 177. The van der Waals surface area contributed by atoms with Gasteiger partial charge in [0.1, 0.15) is 0 Å². The fraction of sp³-hybridized carbons (Fsp3) is 0.800. The average Bonchev–Trinajstić information content (AvgIpc) is 2.36. The molecule has 0 bridgehead atoms. The van der Waals surface area contributed by atoms with Crippen LogP contribution in [0, 0.1) is 12.3 Å². The highest BCUT2D eigenvalue weighted by Gasteiger charge is 2.31. The van der Waals surface area contributed by atoms with Gasteiger partial charge in [0.25, 0.3) is 0 Å². The van der Waals surface area contributed by atoms with Crippen molar-refractivity contribution >= 4 is 0 Å². The summed E-state index contributed by atoms with van der Waals surface area (Å²) in [7, 11) is 1.95. The second kappa shape index (κ2) is 3.93. The van der Waals surface area contributed by atoms with Crippen molar-refractivity contribution in [2.45, 2.75) is 31.3 Å². The van der Waals surface area contributed by atoms with E-state index in [-0.39, 0.29) is 0 Å². The summed E-state index contributed by atoms with van der Waals surface area (Å²) in [6, 6.07) is 0. The van der Waals surface area contributed by atoms with Gasteiger partial charge in [0.2, 0.25) is 0 Å². The molecule has 1 rings (SSSR count). The van der Waals surface area contributed by atoms with Gasteiger partial charge in [-0.3, -0.25) is 4.90 Å². The molecular weight excluding hydrogens is 150 g/mol. The Balaban J connectivity index is 2.34. The van der Waals surface area contributed by atoms with Crippen LogP contribution in [-0.2, 0) is 0 Å². The monoisotopic (exact) mass is 167 g/mol. The van der Waals surface area contributed by atoms with E-state index in [0.29, 0.717) is 6.54 Å². The zero-order valence-corrected chi connectivity index (χ0v) is 7.71. The third kappa shape index (κ3) is 2.51. The van der Waals surface area contributed by atoms with Crippen LogP contribution in [0.3, 0.4) is 0 Å². The molecule has 0 spiro atoms. The van der Waals surface area contributed by atoms with E-state index in [1.165, 1.54) is 0 Å². The van der Waals surface area contributed by atoms with E-state index in [0.717, 1.165) is 32.2 Å². The molecule has 1 aliphatic rings. The summed E-state index contributed by atoms with van der Waals surface area (Å²) in [6.07, 6.45) is 9.34. The van der Waals surface area contributed by atoms with Gasteiger partial charge in [-0.15, -0.1) is 6.42 Å². The molecule has 1 saturated carbocycles. The van der Waals surface area contributed by atoms with Gasteiger partial charge in [0.15, 0.2) is 0 Å². The molecule has 0 heterocycles. The second-order valence-corrected chi connectivity index (χ2v) is 3.81. The van der Waals surface area contributed by atoms with Gasteiger partial charge in [-0.1, -0.05) is 18.8 Å². The van der Waals surface area contributed by atoms with Gasteiger partial charge < -0.3 is 5.11 Å². The molecule has 0 aromatic rings. The molecule has 0 saturated heterocycles. The summed E-state index contributed by atoms with van der Waals surface area (Å²) in [5, 5.41) is 9.98. The van der Waals surface area contributed by atoms with Gasteiger partial charge in [0.05, 0.1) is 12.1 Å². The van der Waals surface area contributed by atoms with Crippen LogP contribution in [-0.4, -0.2) is 35.7 Å². The minimum Gasteiger partial charge on any atom is -0.389 e. The van der Waals surface area contributed by atoms with Crippen molar-refractivity contribution < 1.29 is 5.11 Å². The molecule has 0 aromatic heterocycles. The Hall–Kier alpha value is -0.520. The molecule has 12 heavy (non-hydrogen) atoms. The van der Waals surface area contributed by atoms with Crippen LogP contribution in [0.1, 0.15) is 25.7 Å². The van der Waals surface area contributed by atoms with Crippen molar-refractivity contribution in [2.75, 3.05) is 20.1 Å². The first-order chi connectivity index (χ1) is 5.66. The maximum atomic E-state index is 9.98. The molecule has 0 atom stereocenters.